The number of ether oxygens (including phenoxy) is 1. The standard InChI is InChI=1S/C16H14N2O4S2/c19-14(3-5-17-15(20)11-4-7-23-10-11)21-8-12-9-22-16(18-12)13-2-1-6-24-13/h1-2,4,6-7,9-10H,3,5,8H2,(H,17,20). The van der Waals surface area contributed by atoms with Gasteiger partial charge in [-0.3, -0.25) is 9.59 Å². The highest BCUT2D eigenvalue weighted by atomic mass is 32.1. The Kier molecular flexibility index (Phi) is 5.39. The largest absolute Gasteiger partial charge is 0.459 e. The predicted octanol–water partition coefficient (Wildman–Crippen LogP) is 3.33. The minimum atomic E-state index is -0.402. The predicted molar refractivity (Wildman–Crippen MR) is 90.9 cm³/mol. The van der Waals surface area contributed by atoms with Crippen LogP contribution in [0.5, 0.6) is 0 Å². The summed E-state index contributed by atoms with van der Waals surface area (Å²) in [5.41, 5.74) is 1.14. The summed E-state index contributed by atoms with van der Waals surface area (Å²) in [6.07, 6.45) is 1.58. The normalized spacial score (nSPS) is 10.5. The van der Waals surface area contributed by atoms with Crippen molar-refractivity contribution in [2.45, 2.75) is 13.0 Å². The second-order valence-corrected chi connectivity index (χ2v) is 6.53. The molecule has 0 aromatic carbocycles. The van der Waals surface area contributed by atoms with E-state index in [0.717, 1.165) is 4.88 Å². The van der Waals surface area contributed by atoms with Crippen molar-refractivity contribution in [3.63, 3.8) is 0 Å². The molecule has 3 aromatic heterocycles. The van der Waals surface area contributed by atoms with Crippen molar-refractivity contribution < 1.29 is 18.7 Å². The maximum atomic E-state index is 11.7. The van der Waals surface area contributed by atoms with Crippen molar-refractivity contribution in [2.24, 2.45) is 0 Å². The Morgan fingerprint density at radius 3 is 2.96 bits per heavy atom. The first kappa shape index (κ1) is 16.4. The van der Waals surface area contributed by atoms with Gasteiger partial charge in [0.25, 0.3) is 5.91 Å². The topological polar surface area (TPSA) is 81.4 Å². The molecule has 0 unspecified atom stereocenters. The van der Waals surface area contributed by atoms with E-state index in [1.165, 1.54) is 28.9 Å². The molecule has 0 saturated carbocycles. The van der Waals surface area contributed by atoms with Gasteiger partial charge in [0.05, 0.1) is 11.3 Å². The van der Waals surface area contributed by atoms with Crippen molar-refractivity contribution in [3.8, 4) is 10.8 Å². The summed E-state index contributed by atoms with van der Waals surface area (Å²) in [6.45, 7) is 0.277. The van der Waals surface area contributed by atoms with Crippen molar-refractivity contribution in [1.29, 1.82) is 0 Å². The molecule has 6 nitrogen and oxygen atoms in total. The number of oxazole rings is 1. The van der Waals surface area contributed by atoms with Crippen LogP contribution in [0.15, 0.2) is 45.0 Å². The number of aromatic nitrogens is 1. The number of thiophene rings is 2. The maximum Gasteiger partial charge on any atom is 0.307 e. The lowest BCUT2D eigenvalue weighted by Gasteiger charge is -2.04. The Labute approximate surface area is 146 Å². The Hall–Kier alpha value is -2.45. The summed E-state index contributed by atoms with van der Waals surface area (Å²) in [6, 6.07) is 5.55. The minimum absolute atomic E-state index is 0.0478. The van der Waals surface area contributed by atoms with Crippen LogP contribution in [0.4, 0.5) is 0 Å². The van der Waals surface area contributed by atoms with Crippen molar-refractivity contribution >= 4 is 34.6 Å². The van der Waals surface area contributed by atoms with Gasteiger partial charge in [-0.25, -0.2) is 4.98 Å². The van der Waals surface area contributed by atoms with Gasteiger partial charge in [-0.1, -0.05) is 6.07 Å². The zero-order chi connectivity index (χ0) is 16.8. The van der Waals surface area contributed by atoms with Crippen LogP contribution in [0, 0.1) is 0 Å². The van der Waals surface area contributed by atoms with Crippen LogP contribution in [0.2, 0.25) is 0 Å². The first-order valence-electron chi connectivity index (χ1n) is 7.16. The lowest BCUT2D eigenvalue weighted by Crippen LogP contribution is -2.26. The molecule has 1 N–H and O–H groups in total. The van der Waals surface area contributed by atoms with E-state index in [1.807, 2.05) is 22.9 Å². The van der Waals surface area contributed by atoms with Crippen molar-refractivity contribution in [1.82, 2.24) is 10.3 Å². The van der Waals surface area contributed by atoms with Crippen molar-refractivity contribution in [2.75, 3.05) is 6.54 Å². The molecule has 3 rings (SSSR count). The van der Waals surface area contributed by atoms with Crippen LogP contribution >= 0.6 is 22.7 Å². The van der Waals surface area contributed by atoms with E-state index in [2.05, 4.69) is 10.3 Å². The molecule has 3 aromatic rings. The number of hydrogen-bond donors (Lipinski definition) is 1. The van der Waals surface area contributed by atoms with Gasteiger partial charge in [0.1, 0.15) is 18.6 Å². The SMILES string of the molecule is O=C(CCNC(=O)c1ccsc1)OCc1coc(-c2cccs2)n1. The average molecular weight is 362 g/mol. The summed E-state index contributed by atoms with van der Waals surface area (Å²) in [7, 11) is 0. The molecule has 24 heavy (non-hydrogen) atoms. The molecule has 0 fully saturated rings. The molecule has 0 atom stereocenters. The third-order valence-electron chi connectivity index (χ3n) is 3.06. The molecule has 124 valence electrons. The van der Waals surface area contributed by atoms with E-state index in [0.29, 0.717) is 17.1 Å². The van der Waals surface area contributed by atoms with Crippen LogP contribution in [-0.2, 0) is 16.1 Å². The Morgan fingerprint density at radius 1 is 1.29 bits per heavy atom. The van der Waals surface area contributed by atoms with Gasteiger partial charge in [0, 0.05) is 17.5 Å². The Bertz CT molecular complexity index is 794. The van der Waals surface area contributed by atoms with E-state index >= 15 is 0 Å². The summed E-state index contributed by atoms with van der Waals surface area (Å²) < 4.78 is 10.5. The molecule has 0 radical (unpaired) electrons. The first-order chi connectivity index (χ1) is 11.7. The Balaban J connectivity index is 1.39. The third kappa shape index (κ3) is 4.30. The van der Waals surface area contributed by atoms with E-state index in [4.69, 9.17) is 9.15 Å². The van der Waals surface area contributed by atoms with Crippen LogP contribution in [-0.4, -0.2) is 23.4 Å². The number of esters is 1. The molecule has 0 saturated heterocycles. The van der Waals surface area contributed by atoms with Crippen LogP contribution in [0.25, 0.3) is 10.8 Å². The number of carbonyl (C=O) groups is 2. The Morgan fingerprint density at radius 2 is 2.21 bits per heavy atom. The van der Waals surface area contributed by atoms with Gasteiger partial charge in [0.15, 0.2) is 0 Å². The van der Waals surface area contributed by atoms with Gasteiger partial charge >= 0.3 is 5.97 Å². The average Bonchev–Trinajstić information content (AvgIpc) is 3.34. The van der Waals surface area contributed by atoms with E-state index in [-0.39, 0.29) is 25.5 Å². The fourth-order valence-corrected chi connectivity index (χ4v) is 3.18. The quantitative estimate of drug-likeness (QED) is 0.652. The summed E-state index contributed by atoms with van der Waals surface area (Å²) in [5, 5.41) is 8.18. The number of hydrogen-bond acceptors (Lipinski definition) is 7. The number of nitrogens with zero attached hydrogens (tertiary/aromatic N) is 1. The van der Waals surface area contributed by atoms with E-state index < -0.39 is 5.97 Å². The smallest absolute Gasteiger partial charge is 0.307 e. The molecule has 8 heteroatoms. The van der Waals surface area contributed by atoms with Crippen LogP contribution < -0.4 is 5.32 Å². The monoisotopic (exact) mass is 362 g/mol. The molecule has 0 aliphatic heterocycles. The van der Waals surface area contributed by atoms with Gasteiger partial charge in [0.2, 0.25) is 5.89 Å². The number of carbonyl (C=O) groups excluding carboxylic acids is 2. The second-order valence-electron chi connectivity index (χ2n) is 4.80. The fraction of sp³-hybridized carbons (Fsp3) is 0.188. The highest BCUT2D eigenvalue weighted by Crippen LogP contribution is 2.23. The minimum Gasteiger partial charge on any atom is -0.459 e. The molecular formula is C16H14N2O4S2. The molecule has 0 aliphatic rings. The zero-order valence-corrected chi connectivity index (χ0v) is 14.2. The molecule has 0 aliphatic carbocycles. The van der Waals surface area contributed by atoms with E-state index in [1.54, 1.807) is 11.4 Å². The van der Waals surface area contributed by atoms with Crippen molar-refractivity contribution in [3.05, 3.63) is 51.9 Å². The molecule has 1 amide bonds. The van der Waals surface area contributed by atoms with Gasteiger partial charge in [-0.15, -0.1) is 11.3 Å². The van der Waals surface area contributed by atoms with Gasteiger partial charge in [-0.05, 0) is 22.9 Å². The lowest BCUT2D eigenvalue weighted by atomic mass is 10.3. The number of amides is 1. The first-order valence-corrected chi connectivity index (χ1v) is 8.99. The fourth-order valence-electron chi connectivity index (χ4n) is 1.89. The van der Waals surface area contributed by atoms with Crippen LogP contribution in [0.1, 0.15) is 22.5 Å². The van der Waals surface area contributed by atoms with Crippen LogP contribution in [0.3, 0.4) is 0 Å². The molecule has 3 heterocycles. The van der Waals surface area contributed by atoms with Gasteiger partial charge in [-0.2, -0.15) is 11.3 Å². The third-order valence-corrected chi connectivity index (χ3v) is 4.60. The lowest BCUT2D eigenvalue weighted by molar-refractivity contribution is -0.144. The molecule has 0 spiro atoms. The summed E-state index contributed by atoms with van der Waals surface area (Å²) >= 11 is 2.97. The summed E-state index contributed by atoms with van der Waals surface area (Å²) in [4.78, 5) is 28.6. The number of rotatable bonds is 7. The van der Waals surface area contributed by atoms with Gasteiger partial charge < -0.3 is 14.5 Å². The summed E-state index contributed by atoms with van der Waals surface area (Å²) in [5.74, 6) is -0.0819. The highest BCUT2D eigenvalue weighted by molar-refractivity contribution is 7.13. The molecular weight excluding hydrogens is 348 g/mol. The zero-order valence-electron chi connectivity index (χ0n) is 12.6. The maximum absolute atomic E-state index is 11.7. The second kappa shape index (κ2) is 7.89. The number of nitrogens with one attached hydrogen (secondary N) is 1. The highest BCUT2D eigenvalue weighted by Gasteiger charge is 2.11. The molecule has 0 bridgehead atoms. The van der Waals surface area contributed by atoms with E-state index in [9.17, 15) is 9.59 Å².